The highest BCUT2D eigenvalue weighted by Gasteiger charge is 2.25. The van der Waals surface area contributed by atoms with Gasteiger partial charge in [-0.3, -0.25) is 4.98 Å². The van der Waals surface area contributed by atoms with Gasteiger partial charge in [0.2, 0.25) is 0 Å². The first-order valence-electron chi connectivity index (χ1n) is 8.10. The topological polar surface area (TPSA) is 43.4 Å². The Labute approximate surface area is 131 Å². The molecule has 1 aliphatic rings. The lowest BCUT2D eigenvalue weighted by molar-refractivity contribution is 0.0159. The first kappa shape index (κ1) is 15.3. The van der Waals surface area contributed by atoms with Crippen LogP contribution in [0.15, 0.2) is 36.7 Å². The van der Waals surface area contributed by atoms with Crippen LogP contribution in [0.4, 0.5) is 0 Å². The zero-order valence-electron chi connectivity index (χ0n) is 13.1. The molecule has 1 N–H and O–H groups in total. The number of nitrogens with zero attached hydrogens (tertiary/aromatic N) is 1. The van der Waals surface area contributed by atoms with E-state index in [9.17, 15) is 0 Å². The summed E-state index contributed by atoms with van der Waals surface area (Å²) in [5, 5.41) is 5.50. The van der Waals surface area contributed by atoms with Gasteiger partial charge < -0.3 is 14.8 Å². The van der Waals surface area contributed by atoms with Crippen LogP contribution in [0.25, 0.3) is 10.8 Å². The van der Waals surface area contributed by atoms with Gasteiger partial charge in [-0.25, -0.2) is 0 Å². The minimum Gasteiger partial charge on any atom is -0.489 e. The summed E-state index contributed by atoms with van der Waals surface area (Å²) in [5.41, 5.74) is 0. The van der Waals surface area contributed by atoms with Gasteiger partial charge in [-0.2, -0.15) is 0 Å². The monoisotopic (exact) mass is 300 g/mol. The number of aromatic nitrogens is 1. The molecule has 0 saturated carbocycles. The molecule has 1 saturated heterocycles. The summed E-state index contributed by atoms with van der Waals surface area (Å²) in [6.07, 6.45) is 7.11. The third-order valence-electron chi connectivity index (χ3n) is 4.39. The molecule has 1 aliphatic heterocycles. The minimum absolute atomic E-state index is 0.224. The van der Waals surface area contributed by atoms with Crippen LogP contribution < -0.4 is 10.1 Å². The average molecular weight is 300 g/mol. The molecule has 2 heterocycles. The van der Waals surface area contributed by atoms with Gasteiger partial charge >= 0.3 is 0 Å². The van der Waals surface area contributed by atoms with Crippen LogP contribution in [0.1, 0.15) is 19.3 Å². The Bertz CT molecular complexity index is 591. The van der Waals surface area contributed by atoms with Crippen molar-refractivity contribution >= 4 is 10.8 Å². The van der Waals surface area contributed by atoms with Crippen molar-refractivity contribution in [2.45, 2.75) is 25.4 Å². The summed E-state index contributed by atoms with van der Waals surface area (Å²) in [6, 6.07) is 8.23. The van der Waals surface area contributed by atoms with Crippen LogP contribution in [-0.2, 0) is 4.74 Å². The van der Waals surface area contributed by atoms with Gasteiger partial charge in [0.25, 0.3) is 0 Å². The molecule has 1 aromatic heterocycles. The second-order valence-electron chi connectivity index (χ2n) is 5.85. The van der Waals surface area contributed by atoms with Gasteiger partial charge in [0.15, 0.2) is 0 Å². The van der Waals surface area contributed by atoms with Crippen molar-refractivity contribution in [2.24, 2.45) is 5.92 Å². The number of fused-ring (bicyclic) bond motifs is 1. The molecule has 4 nitrogen and oxygen atoms in total. The number of ether oxygens (including phenoxy) is 2. The summed E-state index contributed by atoms with van der Waals surface area (Å²) in [6.45, 7) is 2.66. The SMILES string of the molecule is CNCCC(Oc1cccc2ccncc12)C1CCOCC1. The number of benzene rings is 1. The van der Waals surface area contributed by atoms with Gasteiger partial charge in [-0.05, 0) is 50.4 Å². The maximum atomic E-state index is 6.43. The fraction of sp³-hybridized carbons (Fsp3) is 0.500. The third kappa shape index (κ3) is 3.57. The van der Waals surface area contributed by atoms with E-state index >= 15 is 0 Å². The van der Waals surface area contributed by atoms with E-state index in [1.165, 1.54) is 5.39 Å². The molecule has 1 atom stereocenters. The Hall–Kier alpha value is -1.65. The normalized spacial score (nSPS) is 17.5. The van der Waals surface area contributed by atoms with E-state index in [1.54, 1.807) is 0 Å². The van der Waals surface area contributed by atoms with Crippen LogP contribution in [0.3, 0.4) is 0 Å². The fourth-order valence-electron chi connectivity index (χ4n) is 3.12. The Morgan fingerprint density at radius 3 is 3.00 bits per heavy atom. The Kier molecular flexibility index (Phi) is 5.24. The van der Waals surface area contributed by atoms with E-state index in [-0.39, 0.29) is 6.10 Å². The molecule has 0 radical (unpaired) electrons. The van der Waals surface area contributed by atoms with Crippen molar-refractivity contribution in [3.8, 4) is 5.75 Å². The zero-order valence-corrected chi connectivity index (χ0v) is 13.1. The molecule has 0 amide bonds. The highest BCUT2D eigenvalue weighted by Crippen LogP contribution is 2.30. The summed E-state index contributed by atoms with van der Waals surface area (Å²) < 4.78 is 11.9. The van der Waals surface area contributed by atoms with Crippen LogP contribution >= 0.6 is 0 Å². The highest BCUT2D eigenvalue weighted by molar-refractivity contribution is 5.87. The fourth-order valence-corrected chi connectivity index (χ4v) is 3.12. The average Bonchev–Trinajstić information content (AvgIpc) is 2.59. The molecular formula is C18H24N2O2. The lowest BCUT2D eigenvalue weighted by atomic mass is 9.91. The molecule has 2 aromatic rings. The van der Waals surface area contributed by atoms with Crippen molar-refractivity contribution in [1.29, 1.82) is 0 Å². The van der Waals surface area contributed by atoms with Gasteiger partial charge in [-0.1, -0.05) is 12.1 Å². The van der Waals surface area contributed by atoms with Crippen molar-refractivity contribution in [1.82, 2.24) is 10.3 Å². The summed E-state index contributed by atoms with van der Waals surface area (Å²) in [5.74, 6) is 1.51. The van der Waals surface area contributed by atoms with E-state index in [0.717, 1.165) is 50.2 Å². The van der Waals surface area contributed by atoms with Crippen LogP contribution in [0, 0.1) is 5.92 Å². The molecule has 1 fully saturated rings. The van der Waals surface area contributed by atoms with E-state index in [0.29, 0.717) is 5.92 Å². The summed E-state index contributed by atoms with van der Waals surface area (Å²) in [7, 11) is 1.99. The molecule has 1 aromatic carbocycles. The second-order valence-corrected chi connectivity index (χ2v) is 5.85. The number of pyridine rings is 1. The number of rotatable bonds is 6. The van der Waals surface area contributed by atoms with Gasteiger partial charge in [0.1, 0.15) is 11.9 Å². The van der Waals surface area contributed by atoms with Crippen molar-refractivity contribution in [2.75, 3.05) is 26.8 Å². The Morgan fingerprint density at radius 1 is 1.32 bits per heavy atom. The van der Waals surface area contributed by atoms with Crippen LogP contribution in [0.5, 0.6) is 5.75 Å². The Balaban J connectivity index is 1.81. The molecule has 0 spiro atoms. The van der Waals surface area contributed by atoms with E-state index in [4.69, 9.17) is 9.47 Å². The van der Waals surface area contributed by atoms with E-state index < -0.39 is 0 Å². The highest BCUT2D eigenvalue weighted by atomic mass is 16.5. The van der Waals surface area contributed by atoms with Gasteiger partial charge in [0, 0.05) is 36.9 Å². The second kappa shape index (κ2) is 7.56. The first-order chi connectivity index (χ1) is 10.9. The number of nitrogens with one attached hydrogen (secondary N) is 1. The van der Waals surface area contributed by atoms with Crippen LogP contribution in [0.2, 0.25) is 0 Å². The lowest BCUT2D eigenvalue weighted by Crippen LogP contribution is -2.34. The molecule has 0 bridgehead atoms. The van der Waals surface area contributed by atoms with E-state index in [2.05, 4.69) is 28.5 Å². The molecule has 118 valence electrons. The van der Waals surface area contributed by atoms with Crippen molar-refractivity contribution < 1.29 is 9.47 Å². The predicted octanol–water partition coefficient (Wildman–Crippen LogP) is 3.02. The maximum absolute atomic E-state index is 6.43. The molecule has 22 heavy (non-hydrogen) atoms. The standard InChI is InChI=1S/C18H24N2O2/c1-19-9-6-17(15-7-11-21-12-8-15)22-18-4-2-3-14-5-10-20-13-16(14)18/h2-5,10,13,15,17,19H,6-9,11-12H2,1H3. The quantitative estimate of drug-likeness (QED) is 0.890. The van der Waals surface area contributed by atoms with Crippen molar-refractivity contribution in [3.63, 3.8) is 0 Å². The Morgan fingerprint density at radius 2 is 2.18 bits per heavy atom. The number of hydrogen-bond donors (Lipinski definition) is 1. The summed E-state index contributed by atoms with van der Waals surface area (Å²) in [4.78, 5) is 4.24. The lowest BCUT2D eigenvalue weighted by Gasteiger charge is -2.31. The van der Waals surface area contributed by atoms with Gasteiger partial charge in [0.05, 0.1) is 0 Å². The molecule has 0 aliphatic carbocycles. The largest absolute Gasteiger partial charge is 0.489 e. The number of hydrogen-bond acceptors (Lipinski definition) is 4. The van der Waals surface area contributed by atoms with Gasteiger partial charge in [-0.15, -0.1) is 0 Å². The predicted molar refractivity (Wildman–Crippen MR) is 88.2 cm³/mol. The summed E-state index contributed by atoms with van der Waals surface area (Å²) >= 11 is 0. The van der Waals surface area contributed by atoms with Crippen molar-refractivity contribution in [3.05, 3.63) is 36.7 Å². The first-order valence-corrected chi connectivity index (χ1v) is 8.10. The molecule has 1 unspecified atom stereocenters. The van der Waals surface area contributed by atoms with Crippen LogP contribution in [-0.4, -0.2) is 37.9 Å². The smallest absolute Gasteiger partial charge is 0.129 e. The molecular weight excluding hydrogens is 276 g/mol. The molecule has 3 rings (SSSR count). The molecule has 4 heteroatoms. The maximum Gasteiger partial charge on any atom is 0.129 e. The zero-order chi connectivity index (χ0) is 15.2. The third-order valence-corrected chi connectivity index (χ3v) is 4.39. The van der Waals surface area contributed by atoms with E-state index in [1.807, 2.05) is 25.5 Å². The minimum atomic E-state index is 0.224.